The van der Waals surface area contributed by atoms with Gasteiger partial charge >= 0.3 is 0 Å². The highest BCUT2D eigenvalue weighted by atomic mass is 32.1. The van der Waals surface area contributed by atoms with Crippen molar-refractivity contribution in [3.63, 3.8) is 0 Å². The van der Waals surface area contributed by atoms with E-state index >= 15 is 0 Å². The zero-order valence-corrected chi connectivity index (χ0v) is 12.4. The van der Waals surface area contributed by atoms with Crippen molar-refractivity contribution in [2.75, 3.05) is 7.05 Å². The Hall–Kier alpha value is -1.20. The van der Waals surface area contributed by atoms with E-state index in [0.29, 0.717) is 0 Å². The number of nitrogens with one attached hydrogen (secondary N) is 1. The number of thiazole rings is 1. The normalized spacial score (nSPS) is 12.1. The molecule has 0 aromatic carbocycles. The monoisotopic (exact) mass is 264 g/mol. The number of aromatic nitrogens is 3. The van der Waals surface area contributed by atoms with Crippen molar-refractivity contribution in [1.29, 1.82) is 0 Å². The maximum absolute atomic E-state index is 4.81. The fourth-order valence-electron chi connectivity index (χ4n) is 1.87. The van der Waals surface area contributed by atoms with Crippen LogP contribution in [0.15, 0.2) is 12.4 Å². The summed E-state index contributed by atoms with van der Waals surface area (Å²) < 4.78 is 1.81. The van der Waals surface area contributed by atoms with Crippen molar-refractivity contribution >= 4 is 11.3 Å². The zero-order valence-electron chi connectivity index (χ0n) is 11.6. The van der Waals surface area contributed by atoms with Gasteiger partial charge in [-0.2, -0.15) is 5.10 Å². The fourth-order valence-corrected chi connectivity index (χ4v) is 3.13. The summed E-state index contributed by atoms with van der Waals surface area (Å²) in [6.07, 6.45) is 3.88. The van der Waals surface area contributed by atoms with Crippen LogP contribution in [0.25, 0.3) is 10.6 Å². The molecule has 0 amide bonds. The van der Waals surface area contributed by atoms with Gasteiger partial charge in [0, 0.05) is 35.6 Å². The molecule has 0 atom stereocenters. The van der Waals surface area contributed by atoms with Crippen LogP contribution in [0.4, 0.5) is 0 Å². The van der Waals surface area contributed by atoms with E-state index in [2.05, 4.69) is 31.2 Å². The van der Waals surface area contributed by atoms with Crippen LogP contribution >= 0.6 is 11.3 Å². The van der Waals surface area contributed by atoms with E-state index in [0.717, 1.165) is 17.1 Å². The second-order valence-electron chi connectivity index (χ2n) is 5.47. The predicted octanol–water partition coefficient (Wildman–Crippen LogP) is 2.56. The van der Waals surface area contributed by atoms with Crippen LogP contribution in [0.1, 0.15) is 31.3 Å². The third-order valence-electron chi connectivity index (χ3n) is 2.70. The number of rotatable bonds is 3. The molecule has 0 spiro atoms. The minimum atomic E-state index is 0.0726. The van der Waals surface area contributed by atoms with Gasteiger partial charge in [-0.05, 0) is 7.05 Å². The molecule has 0 saturated heterocycles. The third kappa shape index (κ3) is 2.62. The minimum Gasteiger partial charge on any atom is -0.315 e. The van der Waals surface area contributed by atoms with E-state index in [1.54, 1.807) is 11.3 Å². The van der Waals surface area contributed by atoms with Gasteiger partial charge in [-0.1, -0.05) is 20.8 Å². The summed E-state index contributed by atoms with van der Waals surface area (Å²) in [4.78, 5) is 6.12. The first-order valence-corrected chi connectivity index (χ1v) is 6.87. The molecule has 0 aliphatic rings. The highest BCUT2D eigenvalue weighted by molar-refractivity contribution is 7.15. The lowest BCUT2D eigenvalue weighted by molar-refractivity contribution is 0.563. The predicted molar refractivity (Wildman–Crippen MR) is 75.8 cm³/mol. The Morgan fingerprint density at radius 2 is 2.11 bits per heavy atom. The summed E-state index contributed by atoms with van der Waals surface area (Å²) in [7, 11) is 3.90. The van der Waals surface area contributed by atoms with Gasteiger partial charge in [-0.15, -0.1) is 11.3 Å². The Labute approximate surface area is 112 Å². The summed E-state index contributed by atoms with van der Waals surface area (Å²) in [5, 5.41) is 8.48. The van der Waals surface area contributed by atoms with Crippen molar-refractivity contribution in [3.8, 4) is 10.6 Å². The van der Waals surface area contributed by atoms with Crippen molar-refractivity contribution in [2.45, 2.75) is 32.7 Å². The van der Waals surface area contributed by atoms with Crippen LogP contribution in [0, 0.1) is 0 Å². The van der Waals surface area contributed by atoms with Crippen LogP contribution in [-0.4, -0.2) is 21.8 Å². The maximum Gasteiger partial charge on any atom is 0.127 e. The standard InChI is InChI=1S/C13H20N4S/c1-13(2,3)11-10(7-14-4)18-12(16-11)9-6-15-17(5)8-9/h6,8,14H,7H2,1-5H3. The molecule has 1 N–H and O–H groups in total. The maximum atomic E-state index is 4.81. The van der Waals surface area contributed by atoms with Gasteiger partial charge in [0.15, 0.2) is 0 Å². The second kappa shape index (κ2) is 4.82. The van der Waals surface area contributed by atoms with Gasteiger partial charge in [0.1, 0.15) is 5.01 Å². The number of hydrogen-bond donors (Lipinski definition) is 1. The van der Waals surface area contributed by atoms with Gasteiger partial charge in [-0.25, -0.2) is 4.98 Å². The number of nitrogens with zero attached hydrogens (tertiary/aromatic N) is 3. The summed E-state index contributed by atoms with van der Waals surface area (Å²) in [6.45, 7) is 7.47. The Kier molecular flexibility index (Phi) is 3.54. The lowest BCUT2D eigenvalue weighted by atomic mass is 9.91. The summed E-state index contributed by atoms with van der Waals surface area (Å²) >= 11 is 1.75. The lowest BCUT2D eigenvalue weighted by Crippen LogP contribution is -2.16. The van der Waals surface area contributed by atoms with E-state index in [1.807, 2.05) is 31.2 Å². The number of aryl methyl sites for hydroxylation is 1. The first-order chi connectivity index (χ1) is 8.41. The molecule has 0 aliphatic carbocycles. The zero-order chi connectivity index (χ0) is 13.3. The molecule has 2 aromatic heterocycles. The molecule has 0 unspecified atom stereocenters. The van der Waals surface area contributed by atoms with Crippen LogP contribution < -0.4 is 5.32 Å². The lowest BCUT2D eigenvalue weighted by Gasteiger charge is -2.17. The van der Waals surface area contributed by atoms with Gasteiger partial charge in [0.2, 0.25) is 0 Å². The Bertz CT molecular complexity index is 533. The molecule has 2 heterocycles. The Morgan fingerprint density at radius 1 is 1.39 bits per heavy atom. The van der Waals surface area contributed by atoms with Gasteiger partial charge in [-0.3, -0.25) is 4.68 Å². The molecule has 0 aliphatic heterocycles. The molecular weight excluding hydrogens is 244 g/mol. The van der Waals surface area contributed by atoms with Crippen LogP contribution in [-0.2, 0) is 19.0 Å². The quantitative estimate of drug-likeness (QED) is 0.926. The first-order valence-electron chi connectivity index (χ1n) is 6.05. The van der Waals surface area contributed by atoms with E-state index < -0.39 is 0 Å². The van der Waals surface area contributed by atoms with Gasteiger partial charge in [0.25, 0.3) is 0 Å². The molecule has 5 heteroatoms. The minimum absolute atomic E-state index is 0.0726. The summed E-state index contributed by atoms with van der Waals surface area (Å²) in [6, 6.07) is 0. The van der Waals surface area contributed by atoms with E-state index in [1.165, 1.54) is 10.6 Å². The SMILES string of the molecule is CNCc1sc(-c2cnn(C)c2)nc1C(C)(C)C. The molecular formula is C13H20N4S. The van der Waals surface area contributed by atoms with Crippen LogP contribution in [0.2, 0.25) is 0 Å². The second-order valence-corrected chi connectivity index (χ2v) is 6.56. The van der Waals surface area contributed by atoms with Crippen molar-refractivity contribution in [3.05, 3.63) is 23.0 Å². The average Bonchev–Trinajstić information content (AvgIpc) is 2.84. The van der Waals surface area contributed by atoms with Crippen molar-refractivity contribution in [1.82, 2.24) is 20.1 Å². The Morgan fingerprint density at radius 3 is 2.61 bits per heavy atom. The third-order valence-corrected chi connectivity index (χ3v) is 3.80. The van der Waals surface area contributed by atoms with Crippen LogP contribution in [0.5, 0.6) is 0 Å². The molecule has 2 aromatic rings. The smallest absolute Gasteiger partial charge is 0.127 e. The largest absolute Gasteiger partial charge is 0.315 e. The van der Waals surface area contributed by atoms with Gasteiger partial charge in [0.05, 0.1) is 11.9 Å². The molecule has 4 nitrogen and oxygen atoms in total. The average molecular weight is 264 g/mol. The highest BCUT2D eigenvalue weighted by Crippen LogP contribution is 2.34. The van der Waals surface area contributed by atoms with Crippen LogP contribution in [0.3, 0.4) is 0 Å². The van der Waals surface area contributed by atoms with E-state index in [4.69, 9.17) is 4.98 Å². The Balaban J connectivity index is 2.45. The molecule has 98 valence electrons. The topological polar surface area (TPSA) is 42.7 Å². The number of hydrogen-bond acceptors (Lipinski definition) is 4. The van der Waals surface area contributed by atoms with E-state index in [-0.39, 0.29) is 5.41 Å². The first kappa shape index (κ1) is 13.2. The highest BCUT2D eigenvalue weighted by Gasteiger charge is 2.23. The molecule has 2 rings (SSSR count). The molecule has 18 heavy (non-hydrogen) atoms. The summed E-state index contributed by atoms with van der Waals surface area (Å²) in [5.74, 6) is 0. The summed E-state index contributed by atoms with van der Waals surface area (Å²) in [5.41, 5.74) is 2.35. The van der Waals surface area contributed by atoms with Crippen molar-refractivity contribution in [2.24, 2.45) is 7.05 Å². The van der Waals surface area contributed by atoms with Gasteiger partial charge < -0.3 is 5.32 Å². The molecule has 0 bridgehead atoms. The van der Waals surface area contributed by atoms with Crippen molar-refractivity contribution < 1.29 is 0 Å². The van der Waals surface area contributed by atoms with E-state index in [9.17, 15) is 0 Å². The molecule has 0 radical (unpaired) electrons. The molecule has 0 saturated carbocycles. The molecule has 0 fully saturated rings. The fraction of sp³-hybridized carbons (Fsp3) is 0.538.